The highest BCUT2D eigenvalue weighted by atomic mass is 16.5. The second kappa shape index (κ2) is 6.11. The molecule has 0 aromatic rings. The van der Waals surface area contributed by atoms with Crippen molar-refractivity contribution in [3.63, 3.8) is 0 Å². The summed E-state index contributed by atoms with van der Waals surface area (Å²) in [7, 11) is 2.27. The lowest BCUT2D eigenvalue weighted by molar-refractivity contribution is -0.914. The van der Waals surface area contributed by atoms with Crippen molar-refractivity contribution in [1.82, 2.24) is 0 Å². The van der Waals surface area contributed by atoms with Crippen LogP contribution < -0.4 is 0 Å². The largest absolute Gasteiger partial charge is 0.460 e. The number of nitrogens with zero attached hydrogens (tertiary/aromatic N) is 1. The molecule has 0 unspecified atom stereocenters. The molecular formula is C12H24NO2+. The van der Waals surface area contributed by atoms with Gasteiger partial charge in [-0.3, -0.25) is 4.79 Å². The van der Waals surface area contributed by atoms with Crippen molar-refractivity contribution < 1.29 is 14.0 Å². The number of carbonyl (C=O) groups excluding carboxylic acids is 1. The van der Waals surface area contributed by atoms with Gasteiger partial charge < -0.3 is 9.22 Å². The second-order valence-electron chi connectivity index (χ2n) is 4.82. The third-order valence-electron chi connectivity index (χ3n) is 3.24. The highest BCUT2D eigenvalue weighted by Gasteiger charge is 2.24. The summed E-state index contributed by atoms with van der Waals surface area (Å²) in [6, 6.07) is 0. The molecule has 0 bridgehead atoms. The van der Waals surface area contributed by atoms with Gasteiger partial charge in [0.15, 0.2) is 0 Å². The van der Waals surface area contributed by atoms with Crippen LogP contribution in [0.25, 0.3) is 0 Å². The van der Waals surface area contributed by atoms with Gasteiger partial charge in [-0.05, 0) is 25.7 Å². The van der Waals surface area contributed by atoms with E-state index in [1.807, 2.05) is 6.92 Å². The molecule has 3 nitrogen and oxygen atoms in total. The van der Waals surface area contributed by atoms with Crippen molar-refractivity contribution in [3.8, 4) is 0 Å². The fourth-order valence-electron chi connectivity index (χ4n) is 2.16. The Kier molecular flexibility index (Phi) is 5.09. The molecule has 0 aromatic carbocycles. The van der Waals surface area contributed by atoms with Crippen molar-refractivity contribution in [1.29, 1.82) is 0 Å². The zero-order chi connectivity index (χ0) is 11.1. The normalized spacial score (nSPS) is 19.9. The van der Waals surface area contributed by atoms with Gasteiger partial charge in [-0.2, -0.15) is 0 Å². The Hall–Kier alpha value is -0.570. The molecular weight excluding hydrogens is 190 g/mol. The number of ether oxygens (including phenoxy) is 1. The fraction of sp³-hybridized carbons (Fsp3) is 0.917. The smallest absolute Gasteiger partial charge is 0.305 e. The van der Waals surface area contributed by atoms with E-state index in [0.29, 0.717) is 13.0 Å². The molecule has 1 saturated heterocycles. The Morgan fingerprint density at radius 3 is 2.53 bits per heavy atom. The average molecular weight is 214 g/mol. The van der Waals surface area contributed by atoms with Crippen molar-refractivity contribution in [3.05, 3.63) is 0 Å². The lowest BCUT2D eigenvalue weighted by Crippen LogP contribution is -2.49. The van der Waals surface area contributed by atoms with Crippen LogP contribution in [0.2, 0.25) is 0 Å². The summed E-state index contributed by atoms with van der Waals surface area (Å²) in [6.07, 6.45) is 5.44. The quantitative estimate of drug-likeness (QED) is 0.516. The number of carbonyl (C=O) groups is 1. The summed E-state index contributed by atoms with van der Waals surface area (Å²) in [4.78, 5) is 11.2. The summed E-state index contributed by atoms with van der Waals surface area (Å²) < 4.78 is 6.28. The number of rotatable bonds is 5. The maximum absolute atomic E-state index is 11.2. The average Bonchev–Trinajstić information content (AvgIpc) is 2.19. The third kappa shape index (κ3) is 4.65. The first-order valence-corrected chi connectivity index (χ1v) is 6.15. The van der Waals surface area contributed by atoms with Crippen molar-refractivity contribution in [2.24, 2.45) is 0 Å². The lowest BCUT2D eigenvalue weighted by atomic mass is 10.1. The van der Waals surface area contributed by atoms with E-state index in [2.05, 4.69) is 7.05 Å². The molecule has 1 fully saturated rings. The van der Waals surface area contributed by atoms with E-state index < -0.39 is 0 Å². The summed E-state index contributed by atoms with van der Waals surface area (Å²) in [6.45, 7) is 6.06. The predicted molar refractivity (Wildman–Crippen MR) is 60.5 cm³/mol. The molecule has 0 radical (unpaired) electrons. The van der Waals surface area contributed by atoms with Crippen molar-refractivity contribution in [2.45, 2.75) is 39.0 Å². The monoisotopic (exact) mass is 214 g/mol. The van der Waals surface area contributed by atoms with Crippen molar-refractivity contribution >= 4 is 5.97 Å². The van der Waals surface area contributed by atoms with Crippen LogP contribution in [0.5, 0.6) is 0 Å². The Balaban J connectivity index is 2.15. The van der Waals surface area contributed by atoms with Crippen LogP contribution in [0.4, 0.5) is 0 Å². The first-order valence-electron chi connectivity index (χ1n) is 6.15. The van der Waals surface area contributed by atoms with Gasteiger partial charge in [-0.15, -0.1) is 0 Å². The van der Waals surface area contributed by atoms with Crippen LogP contribution in [0.1, 0.15) is 39.0 Å². The van der Waals surface area contributed by atoms with Crippen LogP contribution in [-0.2, 0) is 9.53 Å². The molecule has 15 heavy (non-hydrogen) atoms. The summed E-state index contributed by atoms with van der Waals surface area (Å²) in [5.41, 5.74) is 0. The molecule has 88 valence electrons. The van der Waals surface area contributed by atoms with Crippen LogP contribution in [0.15, 0.2) is 0 Å². The van der Waals surface area contributed by atoms with E-state index >= 15 is 0 Å². The third-order valence-corrected chi connectivity index (χ3v) is 3.24. The van der Waals surface area contributed by atoms with E-state index in [1.54, 1.807) is 0 Å². The predicted octanol–water partition coefficient (Wildman–Crippen LogP) is 1.96. The van der Waals surface area contributed by atoms with E-state index in [1.165, 1.54) is 32.4 Å². The number of piperidine rings is 1. The van der Waals surface area contributed by atoms with Crippen molar-refractivity contribution in [2.75, 3.05) is 33.3 Å². The van der Waals surface area contributed by atoms with Gasteiger partial charge in [0.25, 0.3) is 0 Å². The molecule has 0 N–H and O–H groups in total. The minimum absolute atomic E-state index is 0.0406. The highest BCUT2D eigenvalue weighted by Crippen LogP contribution is 2.15. The Morgan fingerprint density at radius 2 is 1.93 bits per heavy atom. The Labute approximate surface area is 93.0 Å². The van der Waals surface area contributed by atoms with E-state index in [-0.39, 0.29) is 5.97 Å². The molecule has 0 amide bonds. The first-order chi connectivity index (χ1) is 7.16. The first kappa shape index (κ1) is 12.5. The molecule has 1 heterocycles. The van der Waals surface area contributed by atoms with E-state index in [9.17, 15) is 4.79 Å². The maximum Gasteiger partial charge on any atom is 0.305 e. The SMILES string of the molecule is CCCC(=O)OCC[N+]1(C)CCCCC1. The summed E-state index contributed by atoms with van der Waals surface area (Å²) >= 11 is 0. The number of hydrogen-bond donors (Lipinski definition) is 0. The molecule has 1 rings (SSSR count). The van der Waals surface area contributed by atoms with Gasteiger partial charge in [0.2, 0.25) is 0 Å². The molecule has 3 heteroatoms. The number of esters is 1. The molecule has 0 spiro atoms. The van der Waals surface area contributed by atoms with E-state index in [0.717, 1.165) is 17.4 Å². The van der Waals surface area contributed by atoms with Crippen LogP contribution in [0.3, 0.4) is 0 Å². The van der Waals surface area contributed by atoms with Gasteiger partial charge in [-0.1, -0.05) is 6.92 Å². The maximum atomic E-state index is 11.2. The molecule has 1 aliphatic rings. The second-order valence-corrected chi connectivity index (χ2v) is 4.82. The molecule has 0 aromatic heterocycles. The van der Waals surface area contributed by atoms with Gasteiger partial charge >= 0.3 is 5.97 Å². The minimum Gasteiger partial charge on any atom is -0.460 e. The van der Waals surface area contributed by atoms with Gasteiger partial charge in [0.1, 0.15) is 13.2 Å². The van der Waals surface area contributed by atoms with Gasteiger partial charge in [0.05, 0.1) is 20.1 Å². The number of hydrogen-bond acceptors (Lipinski definition) is 2. The van der Waals surface area contributed by atoms with Gasteiger partial charge in [-0.25, -0.2) is 0 Å². The highest BCUT2D eigenvalue weighted by molar-refractivity contribution is 5.69. The van der Waals surface area contributed by atoms with E-state index in [4.69, 9.17) is 4.74 Å². The topological polar surface area (TPSA) is 26.3 Å². The van der Waals surface area contributed by atoms with Crippen LogP contribution in [0, 0.1) is 0 Å². The number of quaternary nitrogens is 1. The fourth-order valence-corrected chi connectivity index (χ4v) is 2.16. The summed E-state index contributed by atoms with van der Waals surface area (Å²) in [5, 5.41) is 0. The Bertz CT molecular complexity index is 198. The molecule has 0 aliphatic carbocycles. The zero-order valence-corrected chi connectivity index (χ0v) is 10.1. The minimum atomic E-state index is -0.0406. The number of likely N-dealkylation sites (tertiary alicyclic amines) is 1. The number of likely N-dealkylation sites (N-methyl/N-ethyl adjacent to an activating group) is 1. The van der Waals surface area contributed by atoms with Crippen LogP contribution in [-0.4, -0.2) is 43.7 Å². The van der Waals surface area contributed by atoms with Gasteiger partial charge in [0, 0.05) is 6.42 Å². The van der Waals surface area contributed by atoms with Crippen LogP contribution >= 0.6 is 0 Å². The molecule has 0 saturated carbocycles. The molecule has 0 atom stereocenters. The standard InChI is InChI=1S/C12H24NO2/c1-3-7-12(14)15-11-10-13(2)8-5-4-6-9-13/h3-11H2,1-2H3/q+1. The molecule has 1 aliphatic heterocycles. The zero-order valence-electron chi connectivity index (χ0n) is 10.1. The Morgan fingerprint density at radius 1 is 1.27 bits per heavy atom. The summed E-state index contributed by atoms with van der Waals surface area (Å²) in [5.74, 6) is -0.0406. The lowest BCUT2D eigenvalue weighted by Gasteiger charge is -2.37.